The van der Waals surface area contributed by atoms with Gasteiger partial charge in [0.2, 0.25) is 0 Å². The highest BCUT2D eigenvalue weighted by Gasteiger charge is 2.34. The molecule has 0 saturated carbocycles. The Morgan fingerprint density at radius 3 is 2.47 bits per heavy atom. The van der Waals surface area contributed by atoms with Crippen LogP contribution in [0.1, 0.15) is 36.7 Å². The van der Waals surface area contributed by atoms with Gasteiger partial charge in [0, 0.05) is 5.56 Å². The summed E-state index contributed by atoms with van der Waals surface area (Å²) in [7, 11) is 0. The predicted octanol–water partition coefficient (Wildman–Crippen LogP) is 4.77. The first-order chi connectivity index (χ1) is 15.4. The summed E-state index contributed by atoms with van der Waals surface area (Å²) in [5.41, 5.74) is 2.70. The molecule has 4 rings (SSSR count). The summed E-state index contributed by atoms with van der Waals surface area (Å²) in [6.45, 7) is 4.17. The Kier molecular flexibility index (Phi) is 5.71. The predicted molar refractivity (Wildman–Crippen MR) is 126 cm³/mol. The van der Waals surface area contributed by atoms with E-state index in [1.54, 1.807) is 48.5 Å². The highest BCUT2D eigenvalue weighted by molar-refractivity contribution is 7.80. The summed E-state index contributed by atoms with van der Waals surface area (Å²) in [6.07, 6.45) is 1.38. The number of hydrogen-bond acceptors (Lipinski definition) is 5. The third kappa shape index (κ3) is 3.96. The molecule has 0 atom stereocenters. The molecule has 2 heterocycles. The minimum atomic E-state index is -0.592. The van der Waals surface area contributed by atoms with Crippen LogP contribution < -0.4 is 10.2 Å². The van der Waals surface area contributed by atoms with Crippen molar-refractivity contribution in [2.45, 2.75) is 19.8 Å². The fraction of sp³-hybridized carbons (Fsp3) is 0.120. The van der Waals surface area contributed by atoms with Gasteiger partial charge in [0.15, 0.2) is 5.11 Å². The van der Waals surface area contributed by atoms with Crippen LogP contribution >= 0.6 is 12.2 Å². The van der Waals surface area contributed by atoms with Crippen LogP contribution in [0, 0.1) is 11.3 Å². The lowest BCUT2D eigenvalue weighted by Crippen LogP contribution is -2.54. The average molecular weight is 442 g/mol. The zero-order chi connectivity index (χ0) is 22.8. The molecule has 3 aromatic rings. The van der Waals surface area contributed by atoms with E-state index in [2.05, 4.69) is 25.2 Å². The van der Waals surface area contributed by atoms with Crippen molar-refractivity contribution in [3.05, 3.63) is 83.1 Å². The van der Waals surface area contributed by atoms with Gasteiger partial charge in [-0.3, -0.25) is 19.8 Å². The summed E-state index contributed by atoms with van der Waals surface area (Å²) < 4.78 is 5.81. The van der Waals surface area contributed by atoms with Gasteiger partial charge in [-0.2, -0.15) is 5.26 Å². The first-order valence-corrected chi connectivity index (χ1v) is 10.4. The lowest BCUT2D eigenvalue weighted by molar-refractivity contribution is -0.122. The van der Waals surface area contributed by atoms with Crippen LogP contribution in [-0.2, 0) is 9.59 Å². The van der Waals surface area contributed by atoms with Crippen molar-refractivity contribution in [2.75, 3.05) is 4.90 Å². The van der Waals surface area contributed by atoms with Crippen molar-refractivity contribution < 1.29 is 14.0 Å². The van der Waals surface area contributed by atoms with Crippen LogP contribution in [-0.4, -0.2) is 16.9 Å². The standard InChI is InChI=1S/C25H19N3O3S/c1-15(2)16-7-9-18(10-8-16)28-24(30)21(23(29)27-25(28)32)13-19-11-12-22(31-19)20-6-4-3-5-17(20)14-26/h3-13,15H,1-2H3,(H,27,29,32)/b21-13+. The SMILES string of the molecule is CC(C)c1ccc(N2C(=O)/C(=C/c3ccc(-c4ccccc4C#N)o3)C(=O)NC2=S)cc1. The molecule has 0 spiro atoms. The van der Waals surface area contributed by atoms with E-state index in [1.165, 1.54) is 11.0 Å². The van der Waals surface area contributed by atoms with Crippen LogP contribution in [0.15, 0.2) is 70.7 Å². The van der Waals surface area contributed by atoms with E-state index in [0.29, 0.717) is 34.3 Å². The van der Waals surface area contributed by atoms with Crippen LogP contribution in [0.4, 0.5) is 5.69 Å². The topological polar surface area (TPSA) is 86.3 Å². The monoisotopic (exact) mass is 441 g/mol. The molecule has 32 heavy (non-hydrogen) atoms. The maximum absolute atomic E-state index is 13.2. The molecule has 0 unspecified atom stereocenters. The molecule has 0 bridgehead atoms. The Hall–Kier alpha value is -4.02. The van der Waals surface area contributed by atoms with Gasteiger partial charge in [0.1, 0.15) is 17.1 Å². The third-order valence-electron chi connectivity index (χ3n) is 5.15. The smallest absolute Gasteiger partial charge is 0.270 e. The second kappa shape index (κ2) is 8.61. The van der Waals surface area contributed by atoms with Crippen molar-refractivity contribution in [3.8, 4) is 17.4 Å². The van der Waals surface area contributed by atoms with E-state index in [0.717, 1.165) is 5.56 Å². The van der Waals surface area contributed by atoms with Crippen molar-refractivity contribution in [2.24, 2.45) is 0 Å². The molecule has 1 aliphatic rings. The summed E-state index contributed by atoms with van der Waals surface area (Å²) in [6, 6.07) is 20.0. The van der Waals surface area contributed by atoms with Crippen molar-refractivity contribution >= 4 is 40.9 Å². The minimum Gasteiger partial charge on any atom is -0.457 e. The van der Waals surface area contributed by atoms with E-state index < -0.39 is 11.8 Å². The number of carbonyl (C=O) groups excluding carboxylic acids is 2. The maximum atomic E-state index is 13.2. The highest BCUT2D eigenvalue weighted by Crippen LogP contribution is 2.28. The molecule has 0 radical (unpaired) electrons. The number of hydrogen-bond donors (Lipinski definition) is 1. The van der Waals surface area contributed by atoms with Crippen LogP contribution in [0.2, 0.25) is 0 Å². The van der Waals surface area contributed by atoms with Gasteiger partial charge in [-0.1, -0.05) is 38.1 Å². The normalized spacial score (nSPS) is 15.2. The number of amides is 2. The molecular weight excluding hydrogens is 422 g/mol. The fourth-order valence-electron chi connectivity index (χ4n) is 3.41. The Labute approximate surface area is 190 Å². The third-order valence-corrected chi connectivity index (χ3v) is 5.43. The van der Waals surface area contributed by atoms with Gasteiger partial charge >= 0.3 is 0 Å². The minimum absolute atomic E-state index is 0.0255. The first kappa shape index (κ1) is 21.2. The summed E-state index contributed by atoms with van der Waals surface area (Å²) >= 11 is 5.25. The quantitative estimate of drug-likeness (QED) is 0.358. The largest absolute Gasteiger partial charge is 0.457 e. The van der Waals surface area contributed by atoms with Crippen LogP contribution in [0.5, 0.6) is 0 Å². The number of benzene rings is 2. The molecular formula is C25H19N3O3S. The molecule has 158 valence electrons. The van der Waals surface area contributed by atoms with Crippen molar-refractivity contribution in [1.29, 1.82) is 5.26 Å². The van der Waals surface area contributed by atoms with Crippen LogP contribution in [0.25, 0.3) is 17.4 Å². The second-order valence-electron chi connectivity index (χ2n) is 7.56. The second-order valence-corrected chi connectivity index (χ2v) is 7.95. The molecule has 1 saturated heterocycles. The van der Waals surface area contributed by atoms with E-state index in [9.17, 15) is 14.9 Å². The number of thiocarbonyl (C=S) groups is 1. The first-order valence-electron chi connectivity index (χ1n) is 10.00. The Morgan fingerprint density at radius 1 is 1.06 bits per heavy atom. The van der Waals surface area contributed by atoms with Crippen molar-refractivity contribution in [1.82, 2.24) is 5.32 Å². The van der Waals surface area contributed by atoms with Gasteiger partial charge in [-0.25, -0.2) is 0 Å². The maximum Gasteiger partial charge on any atom is 0.270 e. The summed E-state index contributed by atoms with van der Waals surface area (Å²) in [5, 5.41) is 11.9. The van der Waals surface area contributed by atoms with Gasteiger partial charge in [-0.05, 0) is 66.2 Å². The van der Waals surface area contributed by atoms with Gasteiger partial charge in [0.05, 0.1) is 17.3 Å². The number of nitrogens with zero attached hydrogens (tertiary/aromatic N) is 2. The lowest BCUT2D eigenvalue weighted by Gasteiger charge is -2.29. The number of nitrogens with one attached hydrogen (secondary N) is 1. The van der Waals surface area contributed by atoms with E-state index in [-0.39, 0.29) is 10.7 Å². The molecule has 6 nitrogen and oxygen atoms in total. The van der Waals surface area contributed by atoms with E-state index in [4.69, 9.17) is 16.6 Å². The molecule has 1 fully saturated rings. The Bertz CT molecular complexity index is 1300. The Balaban J connectivity index is 1.67. The molecule has 1 aromatic heterocycles. The zero-order valence-electron chi connectivity index (χ0n) is 17.5. The van der Waals surface area contributed by atoms with E-state index in [1.807, 2.05) is 12.1 Å². The molecule has 1 aliphatic heterocycles. The Morgan fingerprint density at radius 2 is 1.78 bits per heavy atom. The fourth-order valence-corrected chi connectivity index (χ4v) is 3.69. The summed E-state index contributed by atoms with van der Waals surface area (Å²) in [5.74, 6) is 0.00265. The van der Waals surface area contributed by atoms with Gasteiger partial charge < -0.3 is 4.42 Å². The molecule has 1 N–H and O–H groups in total. The molecule has 7 heteroatoms. The number of anilines is 1. The zero-order valence-corrected chi connectivity index (χ0v) is 18.3. The summed E-state index contributed by atoms with van der Waals surface area (Å²) in [4.78, 5) is 27.0. The van der Waals surface area contributed by atoms with Gasteiger partial charge in [-0.15, -0.1) is 0 Å². The average Bonchev–Trinajstić information content (AvgIpc) is 3.25. The number of nitriles is 1. The molecule has 2 amide bonds. The number of rotatable bonds is 4. The molecule has 0 aliphatic carbocycles. The van der Waals surface area contributed by atoms with Crippen molar-refractivity contribution in [3.63, 3.8) is 0 Å². The van der Waals surface area contributed by atoms with Gasteiger partial charge in [0.25, 0.3) is 11.8 Å². The van der Waals surface area contributed by atoms with E-state index >= 15 is 0 Å². The van der Waals surface area contributed by atoms with Crippen LogP contribution in [0.3, 0.4) is 0 Å². The lowest BCUT2D eigenvalue weighted by atomic mass is 10.0. The number of furan rings is 1. The number of carbonyl (C=O) groups is 2. The molecule has 2 aromatic carbocycles. The highest BCUT2D eigenvalue weighted by atomic mass is 32.1.